The average Bonchev–Trinajstić information content (AvgIpc) is 1.98. The molecule has 0 aliphatic rings. The van der Waals surface area contributed by atoms with Crippen molar-refractivity contribution in [2.75, 3.05) is 7.11 Å². The maximum atomic E-state index is 12.5. The summed E-state index contributed by atoms with van der Waals surface area (Å²) in [6, 6.07) is 3.60. The second kappa shape index (κ2) is 3.69. The third-order valence-electron chi connectivity index (χ3n) is 1.07. The Labute approximate surface area is 67.6 Å². The Balaban J connectivity index is 2.86. The van der Waals surface area contributed by atoms with Crippen molar-refractivity contribution in [1.29, 1.82) is 0 Å². The molecular formula is C7H6F2OS. The van der Waals surface area contributed by atoms with Crippen LogP contribution in [-0.2, 0) is 4.18 Å². The summed E-state index contributed by atoms with van der Waals surface area (Å²) in [5.74, 6) is -1.70. The fourth-order valence-corrected chi connectivity index (χ4v) is 1.09. The number of rotatable bonds is 2. The maximum Gasteiger partial charge on any atom is 0.160 e. The highest BCUT2D eigenvalue weighted by atomic mass is 32.2. The predicted molar refractivity (Wildman–Crippen MR) is 39.2 cm³/mol. The van der Waals surface area contributed by atoms with Gasteiger partial charge in [-0.15, -0.1) is 0 Å². The summed E-state index contributed by atoms with van der Waals surface area (Å²) >= 11 is 0.991. The van der Waals surface area contributed by atoms with E-state index in [1.165, 1.54) is 13.2 Å². The standard InChI is InChI=1S/C7H6F2OS/c1-10-11-5-2-3-6(8)7(9)4-5/h2-4H,1H3. The molecule has 1 aromatic carbocycles. The van der Waals surface area contributed by atoms with Crippen LogP contribution in [0.3, 0.4) is 0 Å². The molecule has 1 rings (SSSR count). The van der Waals surface area contributed by atoms with Crippen molar-refractivity contribution in [3.8, 4) is 0 Å². The SMILES string of the molecule is COSc1ccc(F)c(F)c1. The first-order chi connectivity index (χ1) is 5.24. The minimum absolute atomic E-state index is 0.548. The van der Waals surface area contributed by atoms with Crippen molar-refractivity contribution in [3.63, 3.8) is 0 Å². The van der Waals surface area contributed by atoms with Crippen LogP contribution in [0.2, 0.25) is 0 Å². The normalized spacial score (nSPS) is 10.1. The monoisotopic (exact) mass is 176 g/mol. The molecule has 0 aliphatic heterocycles. The lowest BCUT2D eigenvalue weighted by molar-refractivity contribution is 0.486. The summed E-state index contributed by atoms with van der Waals surface area (Å²) in [6.45, 7) is 0. The average molecular weight is 176 g/mol. The quantitative estimate of drug-likeness (QED) is 0.640. The first-order valence-electron chi connectivity index (χ1n) is 2.90. The number of hydrogen-bond donors (Lipinski definition) is 0. The summed E-state index contributed by atoms with van der Waals surface area (Å²) in [5, 5.41) is 0. The Kier molecular flexibility index (Phi) is 2.84. The highest BCUT2D eigenvalue weighted by Crippen LogP contribution is 2.19. The molecule has 0 aliphatic carbocycles. The third kappa shape index (κ3) is 2.17. The van der Waals surface area contributed by atoms with Gasteiger partial charge in [-0.05, 0) is 18.2 Å². The van der Waals surface area contributed by atoms with Crippen molar-refractivity contribution in [1.82, 2.24) is 0 Å². The van der Waals surface area contributed by atoms with E-state index in [1.807, 2.05) is 0 Å². The van der Waals surface area contributed by atoms with Gasteiger partial charge in [-0.1, -0.05) is 0 Å². The number of hydrogen-bond acceptors (Lipinski definition) is 2. The lowest BCUT2D eigenvalue weighted by Crippen LogP contribution is -1.83. The first-order valence-corrected chi connectivity index (χ1v) is 3.64. The Morgan fingerprint density at radius 1 is 1.27 bits per heavy atom. The Morgan fingerprint density at radius 2 is 2.00 bits per heavy atom. The van der Waals surface area contributed by atoms with Gasteiger partial charge in [0.1, 0.15) is 0 Å². The van der Waals surface area contributed by atoms with Crippen molar-refractivity contribution in [2.24, 2.45) is 0 Å². The minimum Gasteiger partial charge on any atom is -0.314 e. The van der Waals surface area contributed by atoms with Crippen LogP contribution in [-0.4, -0.2) is 7.11 Å². The van der Waals surface area contributed by atoms with Crippen molar-refractivity contribution >= 4 is 12.0 Å². The van der Waals surface area contributed by atoms with E-state index in [2.05, 4.69) is 4.18 Å². The highest BCUT2D eigenvalue weighted by molar-refractivity contribution is 7.94. The van der Waals surface area contributed by atoms with Crippen LogP contribution in [0.4, 0.5) is 8.78 Å². The van der Waals surface area contributed by atoms with Crippen LogP contribution < -0.4 is 0 Å². The molecule has 0 saturated heterocycles. The zero-order chi connectivity index (χ0) is 8.27. The Bertz CT molecular complexity index is 252. The highest BCUT2D eigenvalue weighted by Gasteiger charge is 2.01. The van der Waals surface area contributed by atoms with Gasteiger partial charge in [-0.3, -0.25) is 0 Å². The molecule has 0 aromatic heterocycles. The molecule has 0 saturated carbocycles. The van der Waals surface area contributed by atoms with Gasteiger partial charge in [0.15, 0.2) is 11.6 Å². The summed E-state index contributed by atoms with van der Waals surface area (Å²) < 4.78 is 29.4. The second-order valence-corrected chi connectivity index (χ2v) is 2.80. The van der Waals surface area contributed by atoms with Gasteiger partial charge in [0, 0.05) is 16.9 Å². The van der Waals surface area contributed by atoms with Crippen molar-refractivity contribution in [3.05, 3.63) is 29.8 Å². The van der Waals surface area contributed by atoms with Gasteiger partial charge < -0.3 is 4.18 Å². The molecule has 0 spiro atoms. The molecule has 0 unspecified atom stereocenters. The van der Waals surface area contributed by atoms with Gasteiger partial charge in [0.25, 0.3) is 0 Å². The molecule has 4 heteroatoms. The molecule has 0 N–H and O–H groups in total. The lowest BCUT2D eigenvalue weighted by atomic mass is 10.3. The maximum absolute atomic E-state index is 12.5. The van der Waals surface area contributed by atoms with Crippen LogP contribution >= 0.6 is 12.0 Å². The fourth-order valence-electron chi connectivity index (χ4n) is 0.625. The summed E-state index contributed by atoms with van der Waals surface area (Å²) in [5.41, 5.74) is 0. The third-order valence-corrected chi connectivity index (χ3v) is 1.68. The van der Waals surface area contributed by atoms with Gasteiger partial charge in [0.2, 0.25) is 0 Å². The zero-order valence-electron chi connectivity index (χ0n) is 5.80. The van der Waals surface area contributed by atoms with Gasteiger partial charge in [-0.25, -0.2) is 8.78 Å². The van der Waals surface area contributed by atoms with E-state index in [1.54, 1.807) is 0 Å². The van der Waals surface area contributed by atoms with E-state index < -0.39 is 11.6 Å². The molecule has 11 heavy (non-hydrogen) atoms. The topological polar surface area (TPSA) is 9.23 Å². The molecule has 0 radical (unpaired) electrons. The minimum atomic E-state index is -0.855. The van der Waals surface area contributed by atoms with E-state index in [9.17, 15) is 8.78 Å². The van der Waals surface area contributed by atoms with Crippen molar-refractivity contribution < 1.29 is 13.0 Å². The molecule has 0 heterocycles. The second-order valence-electron chi connectivity index (χ2n) is 1.83. The lowest BCUT2D eigenvalue weighted by Gasteiger charge is -1.97. The van der Waals surface area contributed by atoms with Crippen LogP contribution in [0.25, 0.3) is 0 Å². The van der Waals surface area contributed by atoms with Crippen molar-refractivity contribution in [2.45, 2.75) is 4.90 Å². The van der Waals surface area contributed by atoms with Crippen LogP contribution in [0, 0.1) is 11.6 Å². The van der Waals surface area contributed by atoms with Gasteiger partial charge >= 0.3 is 0 Å². The largest absolute Gasteiger partial charge is 0.314 e. The Hall–Kier alpha value is -0.610. The van der Waals surface area contributed by atoms with E-state index in [0.717, 1.165) is 24.2 Å². The summed E-state index contributed by atoms with van der Waals surface area (Å²) in [6.07, 6.45) is 0. The molecule has 1 aromatic rings. The van der Waals surface area contributed by atoms with Gasteiger partial charge in [0.05, 0.1) is 7.11 Å². The molecule has 0 bridgehead atoms. The zero-order valence-corrected chi connectivity index (χ0v) is 6.62. The molecule has 1 nitrogen and oxygen atoms in total. The summed E-state index contributed by atoms with van der Waals surface area (Å²) in [7, 11) is 1.46. The molecule has 0 fully saturated rings. The van der Waals surface area contributed by atoms with Crippen LogP contribution in [0.15, 0.2) is 23.1 Å². The van der Waals surface area contributed by atoms with E-state index in [-0.39, 0.29) is 0 Å². The van der Waals surface area contributed by atoms with Crippen LogP contribution in [0.5, 0.6) is 0 Å². The smallest absolute Gasteiger partial charge is 0.160 e. The predicted octanol–water partition coefficient (Wildman–Crippen LogP) is 2.62. The first kappa shape index (κ1) is 8.49. The van der Waals surface area contributed by atoms with E-state index in [0.29, 0.717) is 4.90 Å². The van der Waals surface area contributed by atoms with Crippen LogP contribution in [0.1, 0.15) is 0 Å². The molecule has 0 amide bonds. The van der Waals surface area contributed by atoms with E-state index in [4.69, 9.17) is 0 Å². The molecular weight excluding hydrogens is 170 g/mol. The number of benzene rings is 1. The fraction of sp³-hybridized carbons (Fsp3) is 0.143. The molecule has 60 valence electrons. The Morgan fingerprint density at radius 3 is 2.55 bits per heavy atom. The number of halogens is 2. The van der Waals surface area contributed by atoms with Gasteiger partial charge in [-0.2, -0.15) is 0 Å². The summed E-state index contributed by atoms with van der Waals surface area (Å²) in [4.78, 5) is 0.548. The molecule has 0 atom stereocenters. The van der Waals surface area contributed by atoms with E-state index >= 15 is 0 Å².